The second-order valence-electron chi connectivity index (χ2n) is 3.82. The number of hydrogen-bond acceptors (Lipinski definition) is 4. The number of halogens is 3. The Morgan fingerprint density at radius 3 is 2.50 bits per heavy atom. The third kappa shape index (κ3) is 4.20. The zero-order chi connectivity index (χ0) is 15.6. The van der Waals surface area contributed by atoms with Crippen LogP contribution in [-0.2, 0) is 21.4 Å². The van der Waals surface area contributed by atoms with Crippen molar-refractivity contribution in [2.45, 2.75) is 24.7 Å². The number of carboxylic acids is 1. The van der Waals surface area contributed by atoms with Gasteiger partial charge in [0.05, 0.1) is 6.33 Å². The summed E-state index contributed by atoms with van der Waals surface area (Å²) in [5.41, 5.74) is 0. The third-order valence-electron chi connectivity index (χ3n) is 2.25. The molecule has 1 N–H and O–H groups in total. The van der Waals surface area contributed by atoms with Crippen LogP contribution in [0, 0.1) is 0 Å². The molecule has 11 heteroatoms. The minimum Gasteiger partial charge on any atom is -0.480 e. The fourth-order valence-corrected chi connectivity index (χ4v) is 2.66. The average molecular weight is 315 g/mol. The molecule has 1 aromatic rings. The zero-order valence-corrected chi connectivity index (χ0v) is 11.1. The van der Waals surface area contributed by atoms with E-state index in [9.17, 15) is 26.4 Å². The first-order valence-electron chi connectivity index (χ1n) is 5.36. The number of imidazole rings is 1. The Hall–Kier alpha value is -1.62. The minimum atomic E-state index is -4.85. The fraction of sp³-hybridized carbons (Fsp3) is 0.556. The van der Waals surface area contributed by atoms with E-state index in [0.717, 1.165) is 12.5 Å². The van der Waals surface area contributed by atoms with E-state index < -0.39 is 40.3 Å². The Balaban J connectivity index is 3.13. The van der Waals surface area contributed by atoms with E-state index in [2.05, 4.69) is 4.98 Å². The molecule has 0 aliphatic carbocycles. The van der Waals surface area contributed by atoms with Crippen LogP contribution in [0.25, 0.3) is 0 Å². The number of hydrogen-bond donors (Lipinski definition) is 1. The Bertz CT molecular complexity index is 582. The van der Waals surface area contributed by atoms with Crippen molar-refractivity contribution in [3.05, 3.63) is 12.5 Å². The Morgan fingerprint density at radius 2 is 2.10 bits per heavy atom. The van der Waals surface area contributed by atoms with Crippen LogP contribution >= 0.6 is 0 Å². The van der Waals surface area contributed by atoms with Gasteiger partial charge in [-0.2, -0.15) is 17.5 Å². The maximum atomic E-state index is 12.3. The molecule has 0 amide bonds. The highest BCUT2D eigenvalue weighted by Gasteiger charge is 2.39. The van der Waals surface area contributed by atoms with Crippen LogP contribution < -0.4 is 0 Å². The highest BCUT2D eigenvalue weighted by atomic mass is 32.2. The number of aromatic nitrogens is 2. The number of aliphatic carboxylic acids is 1. The van der Waals surface area contributed by atoms with Crippen LogP contribution in [0.3, 0.4) is 0 Å². The summed E-state index contributed by atoms with van der Waals surface area (Å²) in [6.07, 6.45) is -2.67. The van der Waals surface area contributed by atoms with Crippen LogP contribution in [0.5, 0.6) is 0 Å². The van der Waals surface area contributed by atoms with Gasteiger partial charge in [-0.3, -0.25) is 4.79 Å². The predicted molar refractivity (Wildman–Crippen MR) is 60.4 cm³/mol. The average Bonchev–Trinajstić information content (AvgIpc) is 2.74. The highest BCUT2D eigenvalue weighted by molar-refractivity contribution is 7.89. The largest absolute Gasteiger partial charge is 0.480 e. The van der Waals surface area contributed by atoms with E-state index in [1.165, 1.54) is 4.57 Å². The summed E-state index contributed by atoms with van der Waals surface area (Å²) < 4.78 is 62.1. The number of carboxylic acid groups (broad SMARTS) is 1. The van der Waals surface area contributed by atoms with Gasteiger partial charge in [-0.1, -0.05) is 0 Å². The smallest absolute Gasteiger partial charge is 0.402 e. The molecule has 0 bridgehead atoms. The van der Waals surface area contributed by atoms with Crippen LogP contribution in [0.1, 0.15) is 6.92 Å². The first kappa shape index (κ1) is 16.4. The molecule has 0 aromatic carbocycles. The molecule has 0 unspecified atom stereocenters. The Kier molecular flexibility index (Phi) is 4.76. The number of carbonyl (C=O) groups is 1. The summed E-state index contributed by atoms with van der Waals surface area (Å²) in [6, 6.07) is 0. The van der Waals surface area contributed by atoms with Gasteiger partial charge in [-0.15, -0.1) is 0 Å². The summed E-state index contributed by atoms with van der Waals surface area (Å²) in [5, 5.41) is 7.92. The highest BCUT2D eigenvalue weighted by Crippen LogP contribution is 2.21. The summed E-state index contributed by atoms with van der Waals surface area (Å²) in [4.78, 5) is 14.0. The van der Waals surface area contributed by atoms with Crippen LogP contribution in [0.2, 0.25) is 0 Å². The lowest BCUT2D eigenvalue weighted by atomic mass is 10.6. The van der Waals surface area contributed by atoms with Crippen molar-refractivity contribution in [2.75, 3.05) is 13.1 Å². The predicted octanol–water partition coefficient (Wildman–Crippen LogP) is 0.541. The molecule has 0 aliphatic heterocycles. The van der Waals surface area contributed by atoms with Crippen molar-refractivity contribution >= 4 is 16.0 Å². The monoisotopic (exact) mass is 315 g/mol. The third-order valence-corrected chi connectivity index (χ3v) is 3.92. The van der Waals surface area contributed by atoms with Crippen molar-refractivity contribution in [1.29, 1.82) is 0 Å². The topological polar surface area (TPSA) is 92.5 Å². The van der Waals surface area contributed by atoms with E-state index in [-0.39, 0.29) is 4.31 Å². The normalized spacial score (nSPS) is 12.8. The Labute approximate surface area is 112 Å². The molecule has 7 nitrogen and oxygen atoms in total. The van der Waals surface area contributed by atoms with Gasteiger partial charge >= 0.3 is 12.1 Å². The zero-order valence-electron chi connectivity index (χ0n) is 10.3. The summed E-state index contributed by atoms with van der Waals surface area (Å²) in [6.45, 7) is -1.12. The number of alkyl halides is 3. The van der Waals surface area contributed by atoms with Gasteiger partial charge in [0, 0.05) is 12.7 Å². The van der Waals surface area contributed by atoms with Gasteiger partial charge in [-0.25, -0.2) is 13.4 Å². The van der Waals surface area contributed by atoms with E-state index in [0.29, 0.717) is 6.54 Å². The van der Waals surface area contributed by atoms with Gasteiger partial charge in [-0.05, 0) is 6.92 Å². The van der Waals surface area contributed by atoms with E-state index in [4.69, 9.17) is 5.11 Å². The number of rotatable bonds is 6. The molecule has 20 heavy (non-hydrogen) atoms. The lowest BCUT2D eigenvalue weighted by molar-refractivity contribution is -0.146. The minimum absolute atomic E-state index is 0.169. The molecule has 0 saturated heterocycles. The molecular weight excluding hydrogens is 303 g/mol. The van der Waals surface area contributed by atoms with Gasteiger partial charge in [0.2, 0.25) is 0 Å². The van der Waals surface area contributed by atoms with Crippen LogP contribution in [-0.4, -0.2) is 52.6 Å². The molecule has 0 radical (unpaired) electrons. The fourth-order valence-electron chi connectivity index (χ4n) is 1.35. The van der Waals surface area contributed by atoms with Crippen molar-refractivity contribution in [2.24, 2.45) is 0 Å². The number of aryl methyl sites for hydroxylation is 1. The van der Waals surface area contributed by atoms with Crippen LogP contribution in [0.15, 0.2) is 17.6 Å². The molecular formula is C9H12F3N3O4S. The summed E-state index contributed by atoms with van der Waals surface area (Å²) in [5.74, 6) is -1.69. The molecule has 0 atom stereocenters. The molecule has 1 rings (SSSR count). The molecule has 1 aromatic heterocycles. The summed E-state index contributed by atoms with van der Waals surface area (Å²) >= 11 is 0. The van der Waals surface area contributed by atoms with Crippen molar-refractivity contribution in [3.63, 3.8) is 0 Å². The first-order valence-corrected chi connectivity index (χ1v) is 6.80. The lowest BCUT2D eigenvalue weighted by Gasteiger charge is -2.20. The molecule has 0 fully saturated rings. The van der Waals surface area contributed by atoms with Crippen molar-refractivity contribution in [3.8, 4) is 0 Å². The van der Waals surface area contributed by atoms with Gasteiger partial charge in [0.25, 0.3) is 10.0 Å². The number of nitrogens with zero attached hydrogens (tertiary/aromatic N) is 3. The lowest BCUT2D eigenvalue weighted by Crippen LogP contribution is -2.42. The second kappa shape index (κ2) is 5.79. The van der Waals surface area contributed by atoms with E-state index >= 15 is 0 Å². The van der Waals surface area contributed by atoms with Crippen LogP contribution in [0.4, 0.5) is 13.2 Å². The first-order chi connectivity index (χ1) is 9.06. The molecule has 0 aliphatic rings. The maximum Gasteiger partial charge on any atom is 0.402 e. The van der Waals surface area contributed by atoms with Gasteiger partial charge in [0.15, 0.2) is 5.03 Å². The van der Waals surface area contributed by atoms with E-state index in [1.54, 1.807) is 6.92 Å². The van der Waals surface area contributed by atoms with Crippen molar-refractivity contribution in [1.82, 2.24) is 13.9 Å². The molecule has 0 spiro atoms. The molecule has 0 saturated carbocycles. The standard InChI is InChI=1S/C9H12F3N3O4S/c1-2-14-3-7(13-6-14)20(18,19)15(4-8(16)17)5-9(10,11)12/h3,6H,2,4-5H2,1H3,(H,16,17). The number of sulfonamides is 1. The quantitative estimate of drug-likeness (QED) is 0.827. The maximum absolute atomic E-state index is 12.3. The van der Waals surface area contributed by atoms with Gasteiger partial charge in [0.1, 0.15) is 13.1 Å². The molecule has 1 heterocycles. The van der Waals surface area contributed by atoms with E-state index in [1.807, 2.05) is 0 Å². The molecule has 114 valence electrons. The summed E-state index contributed by atoms with van der Waals surface area (Å²) in [7, 11) is -4.62. The second-order valence-corrected chi connectivity index (χ2v) is 5.71. The van der Waals surface area contributed by atoms with Gasteiger partial charge < -0.3 is 9.67 Å². The SMILES string of the molecule is CCn1cnc(S(=O)(=O)N(CC(=O)O)CC(F)(F)F)c1. The van der Waals surface area contributed by atoms with Crippen molar-refractivity contribution < 1.29 is 31.5 Å². The Morgan fingerprint density at radius 1 is 1.50 bits per heavy atom.